The third-order valence-corrected chi connectivity index (χ3v) is 4.75. The summed E-state index contributed by atoms with van der Waals surface area (Å²) >= 11 is 7.61. The highest BCUT2D eigenvalue weighted by Crippen LogP contribution is 2.24. The Kier molecular flexibility index (Phi) is 5.75. The van der Waals surface area contributed by atoms with Crippen molar-refractivity contribution in [3.05, 3.63) is 34.9 Å². The predicted molar refractivity (Wildman–Crippen MR) is 103 cm³/mol. The average molecular weight is 377 g/mol. The number of fused-ring (bicyclic) bond motifs is 1. The van der Waals surface area contributed by atoms with Gasteiger partial charge in [0.25, 0.3) is 0 Å². The van der Waals surface area contributed by atoms with E-state index < -0.39 is 0 Å². The molecule has 0 amide bonds. The Morgan fingerprint density at radius 2 is 1.96 bits per heavy atom. The molecule has 0 spiro atoms. The molecule has 0 saturated carbocycles. The van der Waals surface area contributed by atoms with Gasteiger partial charge in [-0.2, -0.15) is 0 Å². The summed E-state index contributed by atoms with van der Waals surface area (Å²) in [7, 11) is 0. The quantitative estimate of drug-likeness (QED) is 0.491. The number of hydrogen-bond donors (Lipinski definition) is 1. The molecule has 2 aromatic heterocycles. The van der Waals surface area contributed by atoms with Crippen LogP contribution >= 0.6 is 23.4 Å². The molecule has 6 nitrogen and oxygen atoms in total. The van der Waals surface area contributed by atoms with Gasteiger partial charge in [-0.15, -0.1) is 5.10 Å². The van der Waals surface area contributed by atoms with Gasteiger partial charge in [-0.3, -0.25) is 0 Å². The van der Waals surface area contributed by atoms with Crippen molar-refractivity contribution in [1.29, 1.82) is 0 Å². The van der Waals surface area contributed by atoms with Gasteiger partial charge in [0.15, 0.2) is 22.1 Å². The predicted octanol–water partition coefficient (Wildman–Crippen LogP) is 4.25. The Hall–Kier alpha value is -1.86. The molecule has 0 aliphatic carbocycles. The van der Waals surface area contributed by atoms with Crippen LogP contribution < -0.4 is 5.32 Å². The lowest BCUT2D eigenvalue weighted by Gasteiger charge is -2.10. The van der Waals surface area contributed by atoms with Crippen molar-refractivity contribution in [2.75, 3.05) is 11.1 Å². The van der Waals surface area contributed by atoms with Crippen LogP contribution in [0.25, 0.3) is 11.2 Å². The highest BCUT2D eigenvalue weighted by atomic mass is 35.5. The van der Waals surface area contributed by atoms with Crippen LogP contribution in [-0.4, -0.2) is 36.8 Å². The van der Waals surface area contributed by atoms with E-state index in [2.05, 4.69) is 46.4 Å². The fourth-order valence-corrected chi connectivity index (χ4v) is 3.16. The van der Waals surface area contributed by atoms with Crippen molar-refractivity contribution in [1.82, 2.24) is 25.0 Å². The zero-order valence-corrected chi connectivity index (χ0v) is 16.1. The molecule has 8 heteroatoms. The summed E-state index contributed by atoms with van der Waals surface area (Å²) in [5, 5.41) is 13.4. The molecule has 0 aliphatic rings. The fourth-order valence-electron chi connectivity index (χ4n) is 2.34. The molecular formula is C17H21ClN6S. The summed E-state index contributed by atoms with van der Waals surface area (Å²) in [4.78, 5) is 9.30. The number of halogens is 1. The maximum absolute atomic E-state index is 5.96. The van der Waals surface area contributed by atoms with Crippen LogP contribution in [0.2, 0.25) is 5.02 Å². The number of nitrogens with zero attached hydrogens (tertiary/aromatic N) is 5. The maximum atomic E-state index is 5.96. The van der Waals surface area contributed by atoms with Gasteiger partial charge in [0, 0.05) is 16.8 Å². The monoisotopic (exact) mass is 376 g/mol. The van der Waals surface area contributed by atoms with Crippen LogP contribution in [0.1, 0.15) is 32.8 Å². The summed E-state index contributed by atoms with van der Waals surface area (Å²) in [6.45, 7) is 6.88. The van der Waals surface area contributed by atoms with Crippen molar-refractivity contribution in [2.45, 2.75) is 44.9 Å². The summed E-state index contributed by atoms with van der Waals surface area (Å²) < 4.78 is 1.81. The van der Waals surface area contributed by atoms with Gasteiger partial charge >= 0.3 is 0 Å². The zero-order chi connectivity index (χ0) is 17.8. The first-order valence-electron chi connectivity index (χ1n) is 8.32. The van der Waals surface area contributed by atoms with Crippen LogP contribution in [0.15, 0.2) is 29.4 Å². The number of thioether (sulfide) groups is 1. The number of rotatable bonds is 7. The Morgan fingerprint density at radius 1 is 1.20 bits per heavy atom. The molecule has 0 aliphatic heterocycles. The van der Waals surface area contributed by atoms with Crippen molar-refractivity contribution in [2.24, 2.45) is 0 Å². The van der Waals surface area contributed by atoms with Crippen LogP contribution in [0, 0.1) is 0 Å². The van der Waals surface area contributed by atoms with E-state index in [0.29, 0.717) is 12.1 Å². The molecule has 1 aromatic carbocycles. The van der Waals surface area contributed by atoms with Crippen LogP contribution in [-0.2, 0) is 6.54 Å². The second kappa shape index (κ2) is 8.01. The number of anilines is 1. The minimum atomic E-state index is 0.253. The molecule has 0 bridgehead atoms. The molecule has 0 saturated heterocycles. The third kappa shape index (κ3) is 4.41. The van der Waals surface area contributed by atoms with E-state index in [-0.39, 0.29) is 6.04 Å². The minimum absolute atomic E-state index is 0.253. The second-order valence-electron chi connectivity index (χ2n) is 6.05. The van der Waals surface area contributed by atoms with Crippen molar-refractivity contribution >= 4 is 40.3 Å². The Labute approximate surface area is 156 Å². The molecule has 2 heterocycles. The molecule has 0 unspecified atom stereocenters. The van der Waals surface area contributed by atoms with Gasteiger partial charge in [0.2, 0.25) is 0 Å². The van der Waals surface area contributed by atoms with E-state index in [1.165, 1.54) is 0 Å². The highest BCUT2D eigenvalue weighted by molar-refractivity contribution is 7.99. The second-order valence-corrected chi connectivity index (χ2v) is 7.55. The van der Waals surface area contributed by atoms with Crippen LogP contribution in [0.5, 0.6) is 0 Å². The molecule has 0 radical (unpaired) electrons. The normalized spacial score (nSPS) is 11.4. The smallest absolute Gasteiger partial charge is 0.191 e. The molecule has 0 fully saturated rings. The summed E-state index contributed by atoms with van der Waals surface area (Å²) in [6, 6.07) is 7.97. The molecule has 25 heavy (non-hydrogen) atoms. The third-order valence-electron chi connectivity index (χ3n) is 3.45. The van der Waals surface area contributed by atoms with Crippen molar-refractivity contribution < 1.29 is 0 Å². The zero-order valence-electron chi connectivity index (χ0n) is 14.5. The lowest BCUT2D eigenvalue weighted by Crippen LogP contribution is -2.12. The van der Waals surface area contributed by atoms with Gasteiger partial charge in [0.1, 0.15) is 0 Å². The van der Waals surface area contributed by atoms with Gasteiger partial charge in [0.05, 0.1) is 6.54 Å². The molecule has 1 N–H and O–H groups in total. The van der Waals surface area contributed by atoms with E-state index in [0.717, 1.165) is 39.4 Å². The summed E-state index contributed by atoms with van der Waals surface area (Å²) in [6.07, 6.45) is 1.07. The van der Waals surface area contributed by atoms with E-state index in [1.807, 2.05) is 28.9 Å². The van der Waals surface area contributed by atoms with E-state index in [9.17, 15) is 0 Å². The van der Waals surface area contributed by atoms with E-state index in [1.54, 1.807) is 11.8 Å². The number of aromatic nitrogens is 5. The number of hydrogen-bond acceptors (Lipinski definition) is 6. The van der Waals surface area contributed by atoms with Crippen molar-refractivity contribution in [3.8, 4) is 0 Å². The SMILES string of the molecule is CCCSc1nc(NC(C)C)c2nnn(Cc3ccc(Cl)cc3)c2n1. The van der Waals surface area contributed by atoms with E-state index >= 15 is 0 Å². The maximum Gasteiger partial charge on any atom is 0.191 e. The van der Waals surface area contributed by atoms with Crippen molar-refractivity contribution in [3.63, 3.8) is 0 Å². The molecule has 3 rings (SSSR count). The van der Waals surface area contributed by atoms with Crippen LogP contribution in [0.4, 0.5) is 5.82 Å². The molecule has 3 aromatic rings. The van der Waals surface area contributed by atoms with Gasteiger partial charge in [-0.1, -0.05) is 47.6 Å². The van der Waals surface area contributed by atoms with Gasteiger partial charge in [-0.05, 0) is 38.0 Å². The number of benzene rings is 1. The van der Waals surface area contributed by atoms with E-state index in [4.69, 9.17) is 11.6 Å². The lowest BCUT2D eigenvalue weighted by molar-refractivity contribution is 0.661. The lowest BCUT2D eigenvalue weighted by atomic mass is 10.2. The Morgan fingerprint density at radius 3 is 2.64 bits per heavy atom. The highest BCUT2D eigenvalue weighted by Gasteiger charge is 2.16. The average Bonchev–Trinajstić information content (AvgIpc) is 2.98. The summed E-state index contributed by atoms with van der Waals surface area (Å²) in [5.74, 6) is 1.71. The minimum Gasteiger partial charge on any atom is -0.366 e. The first-order valence-corrected chi connectivity index (χ1v) is 9.68. The Bertz CT molecular complexity index is 846. The number of nitrogens with one attached hydrogen (secondary N) is 1. The molecule has 0 atom stereocenters. The molecular weight excluding hydrogens is 356 g/mol. The van der Waals surface area contributed by atoms with Gasteiger partial charge in [-0.25, -0.2) is 14.6 Å². The summed E-state index contributed by atoms with van der Waals surface area (Å²) in [5.41, 5.74) is 2.53. The first kappa shape index (κ1) is 17.9. The van der Waals surface area contributed by atoms with Crippen LogP contribution in [0.3, 0.4) is 0 Å². The fraction of sp³-hybridized carbons (Fsp3) is 0.412. The Balaban J connectivity index is 1.99. The topological polar surface area (TPSA) is 68.5 Å². The molecule has 132 valence electrons. The largest absolute Gasteiger partial charge is 0.366 e. The van der Waals surface area contributed by atoms with Gasteiger partial charge < -0.3 is 5.32 Å². The standard InChI is InChI=1S/C17H21ClN6S/c1-4-9-25-17-20-15(19-11(2)3)14-16(21-17)24(23-22-14)10-12-5-7-13(18)8-6-12/h5-8,11H,4,9-10H2,1-3H3,(H,19,20,21). The first-order chi connectivity index (χ1) is 12.1.